The number of hydrogen-bond acceptors (Lipinski definition) is 1. The first-order chi connectivity index (χ1) is 7.33. The molecule has 0 atom stereocenters. The molecule has 0 unspecified atom stereocenters. The Morgan fingerprint density at radius 1 is 0.824 bits per heavy atom. The van der Waals surface area contributed by atoms with E-state index in [1.807, 2.05) is 0 Å². The topological polar surface area (TPSA) is 12.0 Å². The van der Waals surface area contributed by atoms with Gasteiger partial charge in [-0.3, -0.25) is 0 Å². The van der Waals surface area contributed by atoms with Crippen molar-refractivity contribution in [2.45, 2.75) is 80.7 Å². The highest BCUT2D eigenvalue weighted by molar-refractivity contribution is 5.02. The van der Waals surface area contributed by atoms with Gasteiger partial charge in [0.2, 0.25) is 0 Å². The lowest BCUT2D eigenvalue weighted by Crippen LogP contribution is -2.57. The molecule has 0 amide bonds. The summed E-state index contributed by atoms with van der Waals surface area (Å²) in [6.07, 6.45) is 2.50. The van der Waals surface area contributed by atoms with Crippen LogP contribution in [0.4, 0.5) is 0 Å². The molecular formula is C16H35N. The van der Waals surface area contributed by atoms with Crippen molar-refractivity contribution in [3.8, 4) is 0 Å². The Bertz CT molecular complexity index is 246. The second-order valence-corrected chi connectivity index (χ2v) is 8.08. The fourth-order valence-corrected chi connectivity index (χ4v) is 2.70. The minimum Gasteiger partial charge on any atom is -0.314 e. The van der Waals surface area contributed by atoms with E-state index >= 15 is 0 Å². The van der Waals surface area contributed by atoms with Gasteiger partial charge in [0.15, 0.2) is 0 Å². The third-order valence-corrected chi connectivity index (χ3v) is 5.76. The molecule has 1 nitrogen and oxygen atoms in total. The second kappa shape index (κ2) is 4.91. The Hall–Kier alpha value is -0.0400. The number of nitrogens with one attached hydrogen (secondary N) is 1. The molecule has 0 spiro atoms. The summed E-state index contributed by atoms with van der Waals surface area (Å²) in [6, 6.07) is 0. The Labute approximate surface area is 110 Å². The monoisotopic (exact) mass is 241 g/mol. The maximum absolute atomic E-state index is 3.49. The van der Waals surface area contributed by atoms with Crippen molar-refractivity contribution in [3.05, 3.63) is 0 Å². The van der Waals surface area contributed by atoms with Crippen LogP contribution in [0, 0.1) is 16.2 Å². The van der Waals surface area contributed by atoms with Crippen LogP contribution in [0.25, 0.3) is 0 Å². The van der Waals surface area contributed by atoms with Crippen LogP contribution in [-0.2, 0) is 0 Å². The molecular weight excluding hydrogens is 206 g/mol. The lowest BCUT2D eigenvalue weighted by Gasteiger charge is -2.54. The normalized spacial score (nSPS) is 15.2. The third-order valence-electron chi connectivity index (χ3n) is 5.76. The van der Waals surface area contributed by atoms with E-state index in [9.17, 15) is 0 Å². The Morgan fingerprint density at radius 2 is 1.24 bits per heavy atom. The Kier molecular flexibility index (Phi) is 4.90. The molecule has 17 heavy (non-hydrogen) atoms. The molecule has 0 radical (unpaired) electrons. The summed E-state index contributed by atoms with van der Waals surface area (Å²) in [5, 5.41) is 3.49. The summed E-state index contributed by atoms with van der Waals surface area (Å²) in [5.41, 5.74) is 1.10. The molecule has 1 heteroatoms. The van der Waals surface area contributed by atoms with Crippen molar-refractivity contribution in [2.24, 2.45) is 16.2 Å². The summed E-state index contributed by atoms with van der Waals surface area (Å²) in [7, 11) is 2.07. The van der Waals surface area contributed by atoms with Gasteiger partial charge in [0.05, 0.1) is 0 Å². The van der Waals surface area contributed by atoms with E-state index in [1.54, 1.807) is 0 Å². The lowest BCUT2D eigenvalue weighted by atomic mass is 9.54. The van der Waals surface area contributed by atoms with E-state index in [0.29, 0.717) is 10.8 Å². The van der Waals surface area contributed by atoms with Gasteiger partial charge in [0.1, 0.15) is 0 Å². The van der Waals surface area contributed by atoms with E-state index in [2.05, 4.69) is 74.7 Å². The predicted molar refractivity (Wildman–Crippen MR) is 79.4 cm³/mol. The molecule has 0 aliphatic heterocycles. The van der Waals surface area contributed by atoms with Crippen LogP contribution in [-0.4, -0.2) is 12.6 Å². The van der Waals surface area contributed by atoms with Gasteiger partial charge in [-0.1, -0.05) is 54.9 Å². The molecule has 1 N–H and O–H groups in total. The van der Waals surface area contributed by atoms with Crippen molar-refractivity contribution < 1.29 is 0 Å². The Balaban J connectivity index is 5.17. The van der Waals surface area contributed by atoms with E-state index in [1.165, 1.54) is 12.8 Å². The van der Waals surface area contributed by atoms with Crippen molar-refractivity contribution in [1.82, 2.24) is 5.32 Å². The number of hydrogen-bond donors (Lipinski definition) is 1. The first-order valence-electron chi connectivity index (χ1n) is 7.02. The van der Waals surface area contributed by atoms with Crippen LogP contribution >= 0.6 is 0 Å². The zero-order valence-corrected chi connectivity index (χ0v) is 13.9. The summed E-state index contributed by atoms with van der Waals surface area (Å²) in [5.74, 6) is 0. The maximum atomic E-state index is 3.49. The molecule has 0 aromatic carbocycles. The fraction of sp³-hybridized carbons (Fsp3) is 1.00. The highest BCUT2D eigenvalue weighted by atomic mass is 15.0. The fourth-order valence-electron chi connectivity index (χ4n) is 2.70. The van der Waals surface area contributed by atoms with Gasteiger partial charge in [0.25, 0.3) is 0 Å². The standard InChI is InChI=1S/C16H35N/c1-11-13(2,3)12-14(4,5)15(6,7)16(8,9)17-10/h17H,11-12H2,1-10H3. The van der Waals surface area contributed by atoms with Crippen LogP contribution in [0.3, 0.4) is 0 Å². The van der Waals surface area contributed by atoms with Crippen molar-refractivity contribution in [3.63, 3.8) is 0 Å². The van der Waals surface area contributed by atoms with E-state index in [0.717, 1.165) is 0 Å². The predicted octanol–water partition coefficient (Wildman–Crippen LogP) is 4.86. The van der Waals surface area contributed by atoms with E-state index < -0.39 is 0 Å². The quantitative estimate of drug-likeness (QED) is 0.700. The van der Waals surface area contributed by atoms with E-state index in [4.69, 9.17) is 0 Å². The maximum Gasteiger partial charge on any atom is 0.0178 e. The van der Waals surface area contributed by atoms with Gasteiger partial charge in [-0.2, -0.15) is 0 Å². The smallest absolute Gasteiger partial charge is 0.0178 e. The zero-order chi connectivity index (χ0) is 14.1. The lowest BCUT2D eigenvalue weighted by molar-refractivity contribution is -0.0148. The van der Waals surface area contributed by atoms with Crippen molar-refractivity contribution >= 4 is 0 Å². The molecule has 0 aromatic heterocycles. The molecule has 0 saturated carbocycles. The SMILES string of the molecule is CCC(C)(C)CC(C)(C)C(C)(C)C(C)(C)NC. The van der Waals surface area contributed by atoms with Crippen LogP contribution in [0.5, 0.6) is 0 Å². The molecule has 0 heterocycles. The van der Waals surface area contributed by atoms with Crippen LogP contribution < -0.4 is 5.32 Å². The zero-order valence-electron chi connectivity index (χ0n) is 13.9. The van der Waals surface area contributed by atoms with Gasteiger partial charge in [-0.05, 0) is 43.6 Å². The molecule has 0 aliphatic carbocycles. The van der Waals surface area contributed by atoms with Crippen molar-refractivity contribution in [1.29, 1.82) is 0 Å². The van der Waals surface area contributed by atoms with Gasteiger partial charge in [-0.25, -0.2) is 0 Å². The van der Waals surface area contributed by atoms with Gasteiger partial charge < -0.3 is 5.32 Å². The van der Waals surface area contributed by atoms with Crippen LogP contribution in [0.2, 0.25) is 0 Å². The highest BCUT2D eigenvalue weighted by Crippen LogP contribution is 2.52. The third kappa shape index (κ3) is 3.47. The molecule has 0 fully saturated rings. The molecule has 0 rings (SSSR count). The minimum absolute atomic E-state index is 0.139. The highest BCUT2D eigenvalue weighted by Gasteiger charge is 2.48. The first-order valence-corrected chi connectivity index (χ1v) is 7.02. The second-order valence-electron chi connectivity index (χ2n) is 8.08. The van der Waals surface area contributed by atoms with Gasteiger partial charge in [0, 0.05) is 5.54 Å². The molecule has 0 bridgehead atoms. The molecule has 0 aliphatic rings. The summed E-state index contributed by atoms with van der Waals surface area (Å²) in [6.45, 7) is 21.3. The molecule has 0 saturated heterocycles. The van der Waals surface area contributed by atoms with Crippen molar-refractivity contribution in [2.75, 3.05) is 7.05 Å². The summed E-state index contributed by atoms with van der Waals surface area (Å²) < 4.78 is 0. The molecule has 104 valence electrons. The average Bonchev–Trinajstić information content (AvgIpc) is 2.15. The molecule has 0 aromatic rings. The average molecular weight is 241 g/mol. The van der Waals surface area contributed by atoms with Gasteiger partial charge >= 0.3 is 0 Å². The van der Waals surface area contributed by atoms with E-state index in [-0.39, 0.29) is 11.0 Å². The largest absolute Gasteiger partial charge is 0.314 e. The number of rotatable bonds is 6. The van der Waals surface area contributed by atoms with Crippen LogP contribution in [0.1, 0.15) is 75.2 Å². The summed E-state index contributed by atoms with van der Waals surface area (Å²) in [4.78, 5) is 0. The van der Waals surface area contributed by atoms with Gasteiger partial charge in [-0.15, -0.1) is 0 Å². The van der Waals surface area contributed by atoms with Crippen LogP contribution in [0.15, 0.2) is 0 Å². The minimum atomic E-state index is 0.139. The summed E-state index contributed by atoms with van der Waals surface area (Å²) >= 11 is 0. The first kappa shape index (κ1) is 17.0. The Morgan fingerprint density at radius 3 is 1.53 bits per heavy atom.